The van der Waals surface area contributed by atoms with Gasteiger partial charge in [-0.25, -0.2) is 0 Å². The summed E-state index contributed by atoms with van der Waals surface area (Å²) in [6.07, 6.45) is 3.34. The number of hydrogen-bond donors (Lipinski definition) is 2. The highest BCUT2D eigenvalue weighted by molar-refractivity contribution is 5.81. The summed E-state index contributed by atoms with van der Waals surface area (Å²) in [7, 11) is 0. The average molecular weight is 415 g/mol. The zero-order valence-corrected chi connectivity index (χ0v) is 19.0. The third kappa shape index (κ3) is 5.18. The molecule has 0 spiro atoms. The van der Waals surface area contributed by atoms with Crippen LogP contribution in [0.25, 0.3) is 11.1 Å². The third-order valence-electron chi connectivity index (χ3n) is 4.81. The fraction of sp³-hybridized carbons (Fsp3) is 0.385. The van der Waals surface area contributed by atoms with E-state index in [1.807, 2.05) is 53.7 Å². The highest BCUT2D eigenvalue weighted by Crippen LogP contribution is 2.48. The van der Waals surface area contributed by atoms with Gasteiger partial charge in [-0.15, -0.1) is 0 Å². The van der Waals surface area contributed by atoms with Crippen LogP contribution in [0.1, 0.15) is 55.5 Å². The van der Waals surface area contributed by atoms with Gasteiger partial charge >= 0.3 is 0 Å². The first-order valence-corrected chi connectivity index (χ1v) is 10.1. The molecule has 2 aromatic rings. The maximum atomic E-state index is 11.2. The Morgan fingerprint density at radius 2 is 1.07 bits per heavy atom. The molecule has 2 aromatic carbocycles. The Kier molecular flexibility index (Phi) is 6.91. The van der Waals surface area contributed by atoms with Crippen molar-refractivity contribution in [2.24, 2.45) is 0 Å². The molecule has 0 aliphatic carbocycles. The molecule has 0 aliphatic heterocycles. The van der Waals surface area contributed by atoms with Gasteiger partial charge in [0.15, 0.2) is 0 Å². The van der Waals surface area contributed by atoms with Crippen molar-refractivity contribution in [3.8, 4) is 34.1 Å². The van der Waals surface area contributed by atoms with E-state index in [0.29, 0.717) is 35.8 Å². The van der Waals surface area contributed by atoms with Crippen molar-refractivity contribution in [2.75, 3.05) is 13.2 Å². The highest BCUT2D eigenvalue weighted by Gasteiger charge is 2.27. The Bertz CT molecular complexity index is 861. The number of rotatable bonds is 7. The number of benzene rings is 2. The molecule has 4 heteroatoms. The maximum Gasteiger partial charge on any atom is 0.127 e. The molecule has 0 bridgehead atoms. The highest BCUT2D eigenvalue weighted by atomic mass is 16.5. The van der Waals surface area contributed by atoms with Crippen molar-refractivity contribution >= 4 is 0 Å². The average Bonchev–Trinajstić information content (AvgIpc) is 2.64. The molecule has 0 atom stereocenters. The van der Waals surface area contributed by atoms with E-state index in [4.69, 9.17) is 9.47 Å². The first kappa shape index (κ1) is 23.4. The molecule has 166 valence electrons. The molecule has 2 N–H and O–H groups in total. The van der Waals surface area contributed by atoms with E-state index in [9.17, 15) is 10.2 Å². The van der Waals surface area contributed by atoms with Crippen LogP contribution in [0.4, 0.5) is 0 Å². The fourth-order valence-corrected chi connectivity index (χ4v) is 3.25. The first-order chi connectivity index (χ1) is 13.9. The molecule has 30 heavy (non-hydrogen) atoms. The van der Waals surface area contributed by atoms with E-state index >= 15 is 0 Å². The minimum absolute atomic E-state index is 0. The molecule has 0 heterocycles. The maximum absolute atomic E-state index is 11.2. The summed E-state index contributed by atoms with van der Waals surface area (Å²) in [6.45, 7) is 20.2. The molecule has 0 fully saturated rings. The van der Waals surface area contributed by atoms with Crippen molar-refractivity contribution in [1.82, 2.24) is 0 Å². The van der Waals surface area contributed by atoms with Crippen molar-refractivity contribution in [1.29, 1.82) is 0 Å². The smallest absolute Gasteiger partial charge is 0.127 e. The molecular weight excluding hydrogens is 376 g/mol. The van der Waals surface area contributed by atoms with Gasteiger partial charge in [-0.1, -0.05) is 66.9 Å². The lowest BCUT2D eigenvalue weighted by Gasteiger charge is -2.26. The minimum Gasteiger partial charge on any atom is -0.507 e. The summed E-state index contributed by atoms with van der Waals surface area (Å²) in [6, 6.07) is 7.16. The number of phenols is 2. The monoisotopic (exact) mass is 414 g/mol. The molecule has 0 aromatic heterocycles. The predicted octanol–water partition coefficient (Wildman–Crippen LogP) is 6.98. The van der Waals surface area contributed by atoms with Gasteiger partial charge in [-0.05, 0) is 35.1 Å². The second kappa shape index (κ2) is 8.86. The van der Waals surface area contributed by atoms with Crippen LogP contribution in [0.5, 0.6) is 23.0 Å². The summed E-state index contributed by atoms with van der Waals surface area (Å²) in [5.74, 6) is 1.43. The summed E-state index contributed by atoms with van der Waals surface area (Å²) in [4.78, 5) is 0. The second-order valence-electron chi connectivity index (χ2n) is 9.43. The Hall–Kier alpha value is -2.88. The van der Waals surface area contributed by atoms with Crippen molar-refractivity contribution < 1.29 is 22.5 Å². The normalized spacial score (nSPS) is 11.8. The lowest BCUT2D eigenvalue weighted by atomic mass is 9.81. The third-order valence-corrected chi connectivity index (χ3v) is 4.81. The van der Waals surface area contributed by atoms with E-state index in [1.165, 1.54) is 0 Å². The van der Waals surface area contributed by atoms with E-state index < -0.39 is 0 Å². The molecule has 0 saturated heterocycles. The van der Waals surface area contributed by atoms with Gasteiger partial charge in [0.25, 0.3) is 0 Å². The second-order valence-corrected chi connectivity index (χ2v) is 9.43. The number of phenolic OH excluding ortho intramolecular Hbond substituents is 2. The number of hydrogen-bond acceptors (Lipinski definition) is 4. The topological polar surface area (TPSA) is 58.9 Å². The largest absolute Gasteiger partial charge is 0.507 e. The van der Waals surface area contributed by atoms with Crippen LogP contribution in [0.15, 0.2) is 49.6 Å². The minimum atomic E-state index is -0.328. The SMILES string of the molecule is C=CCOc1cc(-c2cc(OCC=C)cc(C(C)(C)C)c2O)c(O)c(C(C)(C)C)c1.[HH].[HH]. The Balaban J connectivity index is 0.00000480. The predicted molar refractivity (Wildman–Crippen MR) is 128 cm³/mol. The van der Waals surface area contributed by atoms with Crippen molar-refractivity contribution in [2.45, 2.75) is 52.4 Å². The zero-order valence-electron chi connectivity index (χ0n) is 19.0. The number of aromatic hydroxyl groups is 2. The van der Waals surface area contributed by atoms with Crippen LogP contribution in [-0.4, -0.2) is 23.4 Å². The summed E-state index contributed by atoms with van der Waals surface area (Å²) in [5, 5.41) is 22.3. The van der Waals surface area contributed by atoms with Gasteiger partial charge < -0.3 is 19.7 Å². The zero-order chi connectivity index (χ0) is 22.7. The molecule has 2 rings (SSSR count). The summed E-state index contributed by atoms with van der Waals surface area (Å²) < 4.78 is 11.6. The van der Waals surface area contributed by atoms with Gasteiger partial charge in [0, 0.05) is 25.1 Å². The van der Waals surface area contributed by atoms with Crippen molar-refractivity contribution in [3.63, 3.8) is 0 Å². The van der Waals surface area contributed by atoms with Crippen LogP contribution in [0.2, 0.25) is 0 Å². The van der Waals surface area contributed by atoms with E-state index in [2.05, 4.69) is 13.2 Å². The van der Waals surface area contributed by atoms with Crippen LogP contribution >= 0.6 is 0 Å². The van der Waals surface area contributed by atoms with Gasteiger partial charge in [0.05, 0.1) is 0 Å². The van der Waals surface area contributed by atoms with Gasteiger partial charge in [0.2, 0.25) is 0 Å². The van der Waals surface area contributed by atoms with Crippen LogP contribution in [0, 0.1) is 0 Å². The Labute approximate surface area is 183 Å². The van der Waals surface area contributed by atoms with Crippen LogP contribution < -0.4 is 9.47 Å². The summed E-state index contributed by atoms with van der Waals surface area (Å²) in [5.41, 5.74) is 1.79. The fourth-order valence-electron chi connectivity index (χ4n) is 3.25. The van der Waals surface area contributed by atoms with E-state index in [0.717, 1.165) is 11.1 Å². The quantitative estimate of drug-likeness (QED) is 0.480. The first-order valence-electron chi connectivity index (χ1n) is 10.1. The number of ether oxygens (including phenoxy) is 2. The van der Waals surface area contributed by atoms with E-state index in [-0.39, 0.29) is 25.2 Å². The van der Waals surface area contributed by atoms with E-state index in [1.54, 1.807) is 24.3 Å². The molecule has 0 aliphatic rings. The van der Waals surface area contributed by atoms with Crippen molar-refractivity contribution in [3.05, 3.63) is 60.7 Å². The molecule has 4 nitrogen and oxygen atoms in total. The molecular formula is C26H38O4. The molecule has 0 unspecified atom stereocenters. The summed E-state index contributed by atoms with van der Waals surface area (Å²) >= 11 is 0. The molecule has 0 saturated carbocycles. The van der Waals surface area contributed by atoms with Crippen LogP contribution in [0.3, 0.4) is 0 Å². The van der Waals surface area contributed by atoms with Gasteiger partial charge in [0.1, 0.15) is 36.2 Å². The molecule has 0 radical (unpaired) electrons. The lowest BCUT2D eigenvalue weighted by Crippen LogP contribution is -2.13. The Morgan fingerprint density at radius 1 is 0.733 bits per heavy atom. The van der Waals surface area contributed by atoms with Gasteiger partial charge in [-0.2, -0.15) is 0 Å². The lowest BCUT2D eigenvalue weighted by molar-refractivity contribution is 0.358. The van der Waals surface area contributed by atoms with Gasteiger partial charge in [-0.3, -0.25) is 0 Å². The molecule has 0 amide bonds. The standard InChI is InChI=1S/C26H34O4.2H2/c1-9-11-29-17-13-19(23(27)21(15-17)25(3,4)5)20-14-18(30-12-10-2)16-22(24(20)28)26(6,7)8;;/h9-10,13-16,27-28H,1-2,11-12H2,3-8H3;2*1H. The van der Waals surface area contributed by atoms with Crippen LogP contribution in [-0.2, 0) is 10.8 Å². The Morgan fingerprint density at radius 3 is 1.33 bits per heavy atom.